The number of halogens is 1. The summed E-state index contributed by atoms with van der Waals surface area (Å²) in [6, 6.07) is 1.76. The maximum atomic E-state index is 5.98. The zero-order valence-electron chi connectivity index (χ0n) is 10.2. The van der Waals surface area contributed by atoms with E-state index in [1.165, 1.54) is 12.8 Å². The molecule has 1 aromatic heterocycles. The van der Waals surface area contributed by atoms with Gasteiger partial charge in [0.15, 0.2) is 0 Å². The van der Waals surface area contributed by atoms with Gasteiger partial charge in [-0.3, -0.25) is 0 Å². The molecule has 1 aliphatic carbocycles. The van der Waals surface area contributed by atoms with Crippen molar-refractivity contribution in [2.75, 3.05) is 18.5 Å². The number of hydrogen-bond acceptors (Lipinski definition) is 4. The fraction of sp³-hybridized carbons (Fsp3) is 0.667. The molecule has 0 spiro atoms. The van der Waals surface area contributed by atoms with E-state index in [0.717, 1.165) is 24.8 Å². The van der Waals surface area contributed by atoms with Crippen molar-refractivity contribution in [3.63, 3.8) is 0 Å². The quantitative estimate of drug-likeness (QED) is 0.794. The first-order valence-electron chi connectivity index (χ1n) is 6.09. The van der Waals surface area contributed by atoms with Crippen LogP contribution >= 0.6 is 11.6 Å². The fourth-order valence-electron chi connectivity index (χ4n) is 1.64. The van der Waals surface area contributed by atoms with Crippen LogP contribution < -0.4 is 5.32 Å². The van der Waals surface area contributed by atoms with Crippen molar-refractivity contribution in [2.45, 2.75) is 38.7 Å². The van der Waals surface area contributed by atoms with E-state index in [4.69, 9.17) is 16.3 Å². The average Bonchev–Trinajstić information content (AvgIpc) is 3.10. The minimum atomic E-state index is 0.165. The van der Waals surface area contributed by atoms with E-state index in [2.05, 4.69) is 15.3 Å². The molecule has 0 bridgehead atoms. The monoisotopic (exact) mass is 255 g/mol. The molecule has 1 heterocycles. The van der Waals surface area contributed by atoms with E-state index in [1.54, 1.807) is 6.07 Å². The van der Waals surface area contributed by atoms with Gasteiger partial charge in [0.2, 0.25) is 0 Å². The number of nitrogens with zero attached hydrogens (tertiary/aromatic N) is 2. The van der Waals surface area contributed by atoms with Crippen molar-refractivity contribution in [2.24, 2.45) is 0 Å². The Bertz CT molecular complexity index is 382. The van der Waals surface area contributed by atoms with E-state index in [0.29, 0.717) is 11.1 Å². The predicted molar refractivity (Wildman–Crippen MR) is 68.6 cm³/mol. The Morgan fingerprint density at radius 1 is 1.53 bits per heavy atom. The molecule has 1 aliphatic rings. The van der Waals surface area contributed by atoms with E-state index in [-0.39, 0.29) is 6.10 Å². The third-order valence-corrected chi connectivity index (χ3v) is 2.87. The first-order valence-corrected chi connectivity index (χ1v) is 6.46. The van der Waals surface area contributed by atoms with Crippen molar-refractivity contribution >= 4 is 17.4 Å². The number of aromatic nitrogens is 2. The second-order valence-corrected chi connectivity index (χ2v) is 4.74. The van der Waals surface area contributed by atoms with Gasteiger partial charge < -0.3 is 10.1 Å². The van der Waals surface area contributed by atoms with Gasteiger partial charge in [-0.25, -0.2) is 9.97 Å². The van der Waals surface area contributed by atoms with Crippen LogP contribution in [0.1, 0.15) is 38.4 Å². The number of nitrogens with one attached hydrogen (secondary N) is 1. The van der Waals surface area contributed by atoms with Crippen molar-refractivity contribution in [1.29, 1.82) is 0 Å². The summed E-state index contributed by atoms with van der Waals surface area (Å²) in [4.78, 5) is 8.71. The molecule has 17 heavy (non-hydrogen) atoms. The summed E-state index contributed by atoms with van der Waals surface area (Å²) >= 11 is 5.98. The van der Waals surface area contributed by atoms with Gasteiger partial charge in [0.1, 0.15) is 16.8 Å². The first-order chi connectivity index (χ1) is 8.19. The zero-order valence-corrected chi connectivity index (χ0v) is 11.0. The van der Waals surface area contributed by atoms with Crippen LogP contribution in [0.4, 0.5) is 5.82 Å². The van der Waals surface area contributed by atoms with Crippen molar-refractivity contribution < 1.29 is 4.74 Å². The molecule has 0 aromatic carbocycles. The summed E-state index contributed by atoms with van der Waals surface area (Å²) in [6.07, 6.45) is 2.52. The van der Waals surface area contributed by atoms with Crippen molar-refractivity contribution in [3.8, 4) is 0 Å². The smallest absolute Gasteiger partial charge is 0.135 e. The highest BCUT2D eigenvalue weighted by Gasteiger charge is 2.27. The summed E-state index contributed by atoms with van der Waals surface area (Å²) in [5, 5.41) is 3.74. The summed E-state index contributed by atoms with van der Waals surface area (Å²) in [5.41, 5.74) is 0. The molecule has 0 saturated heterocycles. The Morgan fingerprint density at radius 3 is 2.94 bits per heavy atom. The zero-order chi connectivity index (χ0) is 12.3. The van der Waals surface area contributed by atoms with Gasteiger partial charge in [-0.1, -0.05) is 11.6 Å². The molecule has 0 aliphatic heterocycles. The molecule has 1 unspecified atom stereocenters. The summed E-state index contributed by atoms with van der Waals surface area (Å²) < 4.78 is 5.44. The molecule has 0 radical (unpaired) electrons. The third kappa shape index (κ3) is 3.82. The highest BCUT2D eigenvalue weighted by atomic mass is 35.5. The molecule has 94 valence electrons. The van der Waals surface area contributed by atoms with Crippen LogP contribution in [-0.4, -0.2) is 29.2 Å². The van der Waals surface area contributed by atoms with E-state index >= 15 is 0 Å². The van der Waals surface area contributed by atoms with E-state index < -0.39 is 0 Å². The Labute approximate surface area is 107 Å². The van der Waals surface area contributed by atoms with E-state index in [1.807, 2.05) is 13.8 Å². The maximum Gasteiger partial charge on any atom is 0.135 e. The number of hydrogen-bond donors (Lipinski definition) is 1. The van der Waals surface area contributed by atoms with Crippen LogP contribution in [0.2, 0.25) is 5.15 Å². The maximum absolute atomic E-state index is 5.98. The van der Waals surface area contributed by atoms with E-state index in [9.17, 15) is 0 Å². The summed E-state index contributed by atoms with van der Waals surface area (Å²) in [5.74, 6) is 2.17. The van der Waals surface area contributed by atoms with Crippen LogP contribution in [0.5, 0.6) is 0 Å². The molecule has 4 nitrogen and oxygen atoms in total. The number of ether oxygens (including phenoxy) is 1. The molecule has 2 rings (SSSR count). The van der Waals surface area contributed by atoms with Gasteiger partial charge in [-0.15, -0.1) is 0 Å². The van der Waals surface area contributed by atoms with Gasteiger partial charge in [-0.2, -0.15) is 0 Å². The fourth-order valence-corrected chi connectivity index (χ4v) is 1.83. The highest BCUT2D eigenvalue weighted by molar-refractivity contribution is 6.29. The molecule has 1 fully saturated rings. The molecular formula is C12H18ClN3O. The van der Waals surface area contributed by atoms with Crippen LogP contribution in [0.3, 0.4) is 0 Å². The van der Waals surface area contributed by atoms with Crippen LogP contribution in [-0.2, 0) is 4.74 Å². The van der Waals surface area contributed by atoms with Gasteiger partial charge in [0.25, 0.3) is 0 Å². The molecular weight excluding hydrogens is 238 g/mol. The standard InChI is InChI=1S/C12H18ClN3O/c1-3-17-8(2)7-14-11-6-10(13)15-12(16-11)9-4-5-9/h6,8-9H,3-5,7H2,1-2H3,(H,14,15,16). The topological polar surface area (TPSA) is 47.0 Å². The molecule has 5 heteroatoms. The number of rotatable bonds is 6. The van der Waals surface area contributed by atoms with Crippen molar-refractivity contribution in [1.82, 2.24) is 9.97 Å². The Morgan fingerprint density at radius 2 is 2.29 bits per heavy atom. The van der Waals surface area contributed by atoms with Crippen molar-refractivity contribution in [3.05, 3.63) is 17.0 Å². The predicted octanol–water partition coefficient (Wildman–Crippen LogP) is 2.84. The minimum absolute atomic E-state index is 0.165. The number of anilines is 1. The van der Waals surface area contributed by atoms with Gasteiger partial charge in [-0.05, 0) is 26.7 Å². The van der Waals surface area contributed by atoms with Crippen LogP contribution in [0.25, 0.3) is 0 Å². The Hall–Kier alpha value is -0.870. The molecule has 1 N–H and O–H groups in total. The molecule has 1 saturated carbocycles. The highest BCUT2D eigenvalue weighted by Crippen LogP contribution is 2.38. The van der Waals surface area contributed by atoms with Gasteiger partial charge in [0.05, 0.1) is 6.10 Å². The lowest BCUT2D eigenvalue weighted by Crippen LogP contribution is -2.20. The summed E-state index contributed by atoms with van der Waals surface area (Å²) in [7, 11) is 0. The van der Waals surface area contributed by atoms with Crippen LogP contribution in [0.15, 0.2) is 6.07 Å². The molecule has 1 aromatic rings. The average molecular weight is 256 g/mol. The first kappa shape index (κ1) is 12.6. The lowest BCUT2D eigenvalue weighted by Gasteiger charge is -2.13. The lowest BCUT2D eigenvalue weighted by atomic mass is 10.3. The largest absolute Gasteiger partial charge is 0.377 e. The second-order valence-electron chi connectivity index (χ2n) is 4.36. The minimum Gasteiger partial charge on any atom is -0.377 e. The second kappa shape index (κ2) is 5.65. The normalized spacial score (nSPS) is 16.9. The molecule has 0 amide bonds. The van der Waals surface area contributed by atoms with Gasteiger partial charge in [0, 0.05) is 25.1 Å². The molecule has 1 atom stereocenters. The SMILES string of the molecule is CCOC(C)CNc1cc(Cl)nc(C2CC2)n1. The Balaban J connectivity index is 1.95. The van der Waals surface area contributed by atoms with Gasteiger partial charge >= 0.3 is 0 Å². The lowest BCUT2D eigenvalue weighted by molar-refractivity contribution is 0.0855. The van der Waals surface area contributed by atoms with Crippen LogP contribution in [0, 0.1) is 0 Å². The summed E-state index contributed by atoms with van der Waals surface area (Å²) in [6.45, 7) is 5.47. The third-order valence-electron chi connectivity index (χ3n) is 2.68. The Kier molecular flexibility index (Phi) is 4.18.